The van der Waals surface area contributed by atoms with Crippen molar-refractivity contribution < 1.29 is 4.74 Å². The standard InChI is InChI=1S/C16H26N2O/c1-3-18(4-2)11-12-19-16-10-6-7-13-14(16)8-5-9-15(13)17/h6-7,10,15H,3-5,8-9,11-12,17H2,1-2H3. The third-order valence-electron chi connectivity index (χ3n) is 4.07. The molecule has 19 heavy (non-hydrogen) atoms. The van der Waals surface area contributed by atoms with Crippen LogP contribution in [0.5, 0.6) is 5.75 Å². The molecule has 0 aromatic heterocycles. The van der Waals surface area contributed by atoms with Crippen LogP contribution in [-0.2, 0) is 6.42 Å². The second kappa shape index (κ2) is 6.92. The molecule has 1 aliphatic rings. The first-order chi connectivity index (χ1) is 9.26. The summed E-state index contributed by atoms with van der Waals surface area (Å²) in [6.07, 6.45) is 3.37. The van der Waals surface area contributed by atoms with Crippen LogP contribution < -0.4 is 10.5 Å². The number of nitrogens with zero attached hydrogens (tertiary/aromatic N) is 1. The molecule has 1 aromatic carbocycles. The number of hydrogen-bond acceptors (Lipinski definition) is 3. The molecule has 0 spiro atoms. The van der Waals surface area contributed by atoms with Crippen molar-refractivity contribution in [2.75, 3.05) is 26.2 Å². The van der Waals surface area contributed by atoms with E-state index in [1.807, 2.05) is 0 Å². The van der Waals surface area contributed by atoms with E-state index in [9.17, 15) is 0 Å². The minimum Gasteiger partial charge on any atom is -0.492 e. The van der Waals surface area contributed by atoms with Crippen molar-refractivity contribution in [2.24, 2.45) is 5.73 Å². The van der Waals surface area contributed by atoms with Gasteiger partial charge in [0.05, 0.1) is 0 Å². The number of fused-ring (bicyclic) bond motifs is 1. The fourth-order valence-corrected chi connectivity index (χ4v) is 2.81. The maximum Gasteiger partial charge on any atom is 0.122 e. The first-order valence-electron chi connectivity index (χ1n) is 7.48. The lowest BCUT2D eigenvalue weighted by molar-refractivity contribution is 0.221. The summed E-state index contributed by atoms with van der Waals surface area (Å²) in [5, 5.41) is 0. The number of nitrogens with two attached hydrogens (primary N) is 1. The molecular weight excluding hydrogens is 236 g/mol. The molecule has 3 nitrogen and oxygen atoms in total. The van der Waals surface area contributed by atoms with Gasteiger partial charge >= 0.3 is 0 Å². The van der Waals surface area contributed by atoms with Crippen LogP contribution in [0.15, 0.2) is 18.2 Å². The number of rotatable bonds is 6. The van der Waals surface area contributed by atoms with Crippen LogP contribution in [0.1, 0.15) is 43.9 Å². The predicted molar refractivity (Wildman–Crippen MR) is 79.6 cm³/mol. The zero-order chi connectivity index (χ0) is 13.7. The van der Waals surface area contributed by atoms with E-state index in [0.717, 1.165) is 44.8 Å². The first kappa shape index (κ1) is 14.4. The predicted octanol–water partition coefficient (Wildman–Crippen LogP) is 2.74. The molecule has 1 atom stereocenters. The van der Waals surface area contributed by atoms with Crippen molar-refractivity contribution in [3.63, 3.8) is 0 Å². The van der Waals surface area contributed by atoms with E-state index in [4.69, 9.17) is 10.5 Å². The monoisotopic (exact) mass is 262 g/mol. The zero-order valence-electron chi connectivity index (χ0n) is 12.2. The van der Waals surface area contributed by atoms with Crippen LogP contribution in [0.2, 0.25) is 0 Å². The Morgan fingerprint density at radius 1 is 1.32 bits per heavy atom. The summed E-state index contributed by atoms with van der Waals surface area (Å²) in [5.41, 5.74) is 8.79. The Bertz CT molecular complexity index is 402. The second-order valence-electron chi connectivity index (χ2n) is 5.20. The minimum atomic E-state index is 0.190. The maximum atomic E-state index is 6.17. The van der Waals surface area contributed by atoms with Crippen LogP contribution in [0.3, 0.4) is 0 Å². The number of likely N-dealkylation sites (N-methyl/N-ethyl adjacent to an activating group) is 1. The van der Waals surface area contributed by atoms with Crippen molar-refractivity contribution >= 4 is 0 Å². The van der Waals surface area contributed by atoms with Crippen molar-refractivity contribution in [1.29, 1.82) is 0 Å². The lowest BCUT2D eigenvalue weighted by Crippen LogP contribution is -2.28. The van der Waals surface area contributed by atoms with Crippen LogP contribution in [-0.4, -0.2) is 31.1 Å². The molecule has 0 heterocycles. The minimum absolute atomic E-state index is 0.190. The van der Waals surface area contributed by atoms with Gasteiger partial charge in [0.25, 0.3) is 0 Å². The molecular formula is C16H26N2O. The lowest BCUT2D eigenvalue weighted by atomic mass is 9.88. The van der Waals surface area contributed by atoms with Gasteiger partial charge in [0, 0.05) is 12.6 Å². The van der Waals surface area contributed by atoms with Crippen LogP contribution in [0, 0.1) is 0 Å². The molecule has 0 radical (unpaired) electrons. The fourth-order valence-electron chi connectivity index (χ4n) is 2.81. The smallest absolute Gasteiger partial charge is 0.122 e. The molecule has 1 unspecified atom stereocenters. The van der Waals surface area contributed by atoms with Crippen molar-refractivity contribution in [3.8, 4) is 5.75 Å². The summed E-state index contributed by atoms with van der Waals surface area (Å²) in [6.45, 7) is 8.28. The van der Waals surface area contributed by atoms with Crippen molar-refractivity contribution in [2.45, 2.75) is 39.2 Å². The second-order valence-corrected chi connectivity index (χ2v) is 5.20. The Balaban J connectivity index is 1.99. The molecule has 2 rings (SSSR count). The van der Waals surface area contributed by atoms with Gasteiger partial charge in [-0.3, -0.25) is 0 Å². The first-order valence-corrected chi connectivity index (χ1v) is 7.48. The van der Waals surface area contributed by atoms with E-state index in [1.165, 1.54) is 17.5 Å². The van der Waals surface area contributed by atoms with Gasteiger partial charge in [0.2, 0.25) is 0 Å². The molecule has 106 valence electrons. The Kier molecular flexibility index (Phi) is 5.23. The zero-order valence-corrected chi connectivity index (χ0v) is 12.2. The normalized spacial score (nSPS) is 18.4. The number of hydrogen-bond donors (Lipinski definition) is 1. The van der Waals surface area contributed by atoms with Gasteiger partial charge in [-0.05, 0) is 49.5 Å². The van der Waals surface area contributed by atoms with Gasteiger partial charge in [0.15, 0.2) is 0 Å². The molecule has 0 saturated carbocycles. The highest BCUT2D eigenvalue weighted by atomic mass is 16.5. The van der Waals surface area contributed by atoms with Gasteiger partial charge < -0.3 is 15.4 Å². The molecule has 1 aliphatic carbocycles. The Labute approximate surface area is 116 Å². The Morgan fingerprint density at radius 3 is 2.84 bits per heavy atom. The molecule has 0 saturated heterocycles. The molecule has 3 heteroatoms. The summed E-state index contributed by atoms with van der Waals surface area (Å²) in [5.74, 6) is 1.04. The lowest BCUT2D eigenvalue weighted by Gasteiger charge is -2.25. The largest absolute Gasteiger partial charge is 0.492 e. The summed E-state index contributed by atoms with van der Waals surface area (Å²) < 4.78 is 5.99. The third kappa shape index (κ3) is 3.48. The van der Waals surface area contributed by atoms with E-state index in [-0.39, 0.29) is 6.04 Å². The highest BCUT2D eigenvalue weighted by Crippen LogP contribution is 2.33. The summed E-state index contributed by atoms with van der Waals surface area (Å²) in [4.78, 5) is 2.38. The SMILES string of the molecule is CCN(CC)CCOc1cccc2c1CCCC2N. The van der Waals surface area contributed by atoms with Crippen LogP contribution in [0.25, 0.3) is 0 Å². The van der Waals surface area contributed by atoms with E-state index in [2.05, 4.69) is 36.9 Å². The topological polar surface area (TPSA) is 38.5 Å². The highest BCUT2D eigenvalue weighted by Gasteiger charge is 2.19. The average molecular weight is 262 g/mol. The summed E-state index contributed by atoms with van der Waals surface area (Å²) >= 11 is 0. The summed E-state index contributed by atoms with van der Waals surface area (Å²) in [7, 11) is 0. The van der Waals surface area contributed by atoms with Gasteiger partial charge in [-0.25, -0.2) is 0 Å². The van der Waals surface area contributed by atoms with E-state index < -0.39 is 0 Å². The van der Waals surface area contributed by atoms with Gasteiger partial charge in [-0.2, -0.15) is 0 Å². The Morgan fingerprint density at radius 2 is 2.11 bits per heavy atom. The molecule has 1 aromatic rings. The quantitative estimate of drug-likeness (QED) is 0.856. The maximum absolute atomic E-state index is 6.17. The summed E-state index contributed by atoms with van der Waals surface area (Å²) in [6, 6.07) is 6.49. The van der Waals surface area contributed by atoms with E-state index >= 15 is 0 Å². The van der Waals surface area contributed by atoms with Crippen LogP contribution in [0.4, 0.5) is 0 Å². The van der Waals surface area contributed by atoms with E-state index in [1.54, 1.807) is 0 Å². The molecule has 0 fully saturated rings. The molecule has 0 amide bonds. The van der Waals surface area contributed by atoms with Gasteiger partial charge in [-0.15, -0.1) is 0 Å². The van der Waals surface area contributed by atoms with Crippen LogP contribution >= 0.6 is 0 Å². The van der Waals surface area contributed by atoms with Gasteiger partial charge in [-0.1, -0.05) is 26.0 Å². The molecule has 0 aliphatic heterocycles. The Hall–Kier alpha value is -1.06. The highest BCUT2D eigenvalue weighted by molar-refractivity contribution is 5.43. The fraction of sp³-hybridized carbons (Fsp3) is 0.625. The van der Waals surface area contributed by atoms with Crippen molar-refractivity contribution in [3.05, 3.63) is 29.3 Å². The van der Waals surface area contributed by atoms with Gasteiger partial charge in [0.1, 0.15) is 12.4 Å². The average Bonchev–Trinajstić information content (AvgIpc) is 2.44. The third-order valence-corrected chi connectivity index (χ3v) is 4.07. The molecule has 0 bridgehead atoms. The number of benzene rings is 1. The van der Waals surface area contributed by atoms with E-state index in [0.29, 0.717) is 0 Å². The number of ether oxygens (including phenoxy) is 1. The van der Waals surface area contributed by atoms with Crippen molar-refractivity contribution in [1.82, 2.24) is 4.90 Å². The molecule has 2 N–H and O–H groups in total.